The van der Waals surface area contributed by atoms with E-state index in [1.165, 1.54) is 7.11 Å². The summed E-state index contributed by atoms with van der Waals surface area (Å²) in [7, 11) is 1.38. The molecule has 3 heteroatoms. The zero-order valence-corrected chi connectivity index (χ0v) is 7.84. The number of esters is 1. The standard InChI is InChI=1S/C9H13NO2/c1-6-7(8(11)12-4)5-9(2,3)10-6/h5H,1-4H3. The lowest BCUT2D eigenvalue weighted by Gasteiger charge is -2.07. The van der Waals surface area contributed by atoms with E-state index in [0.717, 1.165) is 5.71 Å². The first-order valence-electron chi connectivity index (χ1n) is 3.84. The van der Waals surface area contributed by atoms with Crippen LogP contribution in [-0.2, 0) is 9.53 Å². The lowest BCUT2D eigenvalue weighted by atomic mass is 10.1. The molecule has 12 heavy (non-hydrogen) atoms. The Balaban J connectivity index is 2.96. The third-order valence-electron chi connectivity index (χ3n) is 1.75. The van der Waals surface area contributed by atoms with Crippen LogP contribution in [0.4, 0.5) is 0 Å². The van der Waals surface area contributed by atoms with Crippen LogP contribution in [0.5, 0.6) is 0 Å². The van der Waals surface area contributed by atoms with E-state index in [9.17, 15) is 4.79 Å². The van der Waals surface area contributed by atoms with Crippen LogP contribution < -0.4 is 0 Å². The molecule has 0 bridgehead atoms. The molecule has 66 valence electrons. The van der Waals surface area contributed by atoms with Crippen molar-refractivity contribution < 1.29 is 9.53 Å². The number of carbonyl (C=O) groups is 1. The molecule has 0 atom stereocenters. The van der Waals surface area contributed by atoms with Gasteiger partial charge in [0, 0.05) is 5.71 Å². The largest absolute Gasteiger partial charge is 0.465 e. The van der Waals surface area contributed by atoms with Gasteiger partial charge in [-0.15, -0.1) is 0 Å². The van der Waals surface area contributed by atoms with Crippen LogP contribution in [0.3, 0.4) is 0 Å². The van der Waals surface area contributed by atoms with Crippen molar-refractivity contribution in [3.05, 3.63) is 11.6 Å². The summed E-state index contributed by atoms with van der Waals surface area (Å²) in [4.78, 5) is 15.4. The van der Waals surface area contributed by atoms with E-state index in [1.54, 1.807) is 0 Å². The Bertz CT molecular complexity index is 274. The predicted octanol–water partition coefficient (Wildman–Crippen LogP) is 1.34. The van der Waals surface area contributed by atoms with Gasteiger partial charge in [0.2, 0.25) is 0 Å². The van der Waals surface area contributed by atoms with Gasteiger partial charge in [-0.05, 0) is 26.8 Å². The summed E-state index contributed by atoms with van der Waals surface area (Å²) in [5.74, 6) is -0.304. The molecule has 0 radical (unpaired) electrons. The van der Waals surface area contributed by atoms with Gasteiger partial charge in [-0.2, -0.15) is 0 Å². The minimum atomic E-state index is -0.304. The second-order valence-corrected chi connectivity index (χ2v) is 3.40. The summed E-state index contributed by atoms with van der Waals surface area (Å²) in [5.41, 5.74) is 1.09. The summed E-state index contributed by atoms with van der Waals surface area (Å²) in [6.45, 7) is 5.72. The Kier molecular flexibility index (Phi) is 2.04. The summed E-state index contributed by atoms with van der Waals surface area (Å²) in [6.07, 6.45) is 1.83. The first kappa shape index (κ1) is 8.97. The Morgan fingerprint density at radius 2 is 2.17 bits per heavy atom. The van der Waals surface area contributed by atoms with Gasteiger partial charge in [0.05, 0.1) is 18.2 Å². The zero-order valence-electron chi connectivity index (χ0n) is 7.84. The van der Waals surface area contributed by atoms with Crippen molar-refractivity contribution >= 4 is 11.7 Å². The van der Waals surface area contributed by atoms with Crippen molar-refractivity contribution in [1.82, 2.24) is 0 Å². The maximum atomic E-state index is 11.1. The van der Waals surface area contributed by atoms with Gasteiger partial charge in [-0.1, -0.05) is 0 Å². The van der Waals surface area contributed by atoms with E-state index < -0.39 is 0 Å². The van der Waals surface area contributed by atoms with Crippen LogP contribution in [0.15, 0.2) is 16.6 Å². The molecule has 0 aliphatic carbocycles. The molecule has 0 saturated heterocycles. The number of aliphatic imine (C=N–C) groups is 1. The highest BCUT2D eigenvalue weighted by molar-refractivity contribution is 6.20. The Morgan fingerprint density at radius 1 is 1.58 bits per heavy atom. The lowest BCUT2D eigenvalue weighted by Crippen LogP contribution is -2.10. The molecular formula is C9H13NO2. The zero-order chi connectivity index (χ0) is 9.35. The fourth-order valence-electron chi connectivity index (χ4n) is 1.30. The second kappa shape index (κ2) is 2.73. The van der Waals surface area contributed by atoms with Gasteiger partial charge >= 0.3 is 5.97 Å². The molecule has 1 aliphatic rings. The first-order valence-corrected chi connectivity index (χ1v) is 3.84. The van der Waals surface area contributed by atoms with Gasteiger partial charge in [0.25, 0.3) is 0 Å². The first-order chi connectivity index (χ1) is 5.46. The monoisotopic (exact) mass is 167 g/mol. The maximum Gasteiger partial charge on any atom is 0.339 e. The van der Waals surface area contributed by atoms with Crippen molar-refractivity contribution in [3.8, 4) is 0 Å². The van der Waals surface area contributed by atoms with Gasteiger partial charge in [-0.25, -0.2) is 4.79 Å². The Labute approximate surface area is 72.1 Å². The van der Waals surface area contributed by atoms with Gasteiger partial charge in [0.15, 0.2) is 0 Å². The Morgan fingerprint density at radius 3 is 2.50 bits per heavy atom. The molecule has 3 nitrogen and oxygen atoms in total. The maximum absolute atomic E-state index is 11.1. The highest BCUT2D eigenvalue weighted by Crippen LogP contribution is 2.23. The molecule has 0 spiro atoms. The summed E-state index contributed by atoms with van der Waals surface area (Å²) >= 11 is 0. The number of ether oxygens (including phenoxy) is 1. The van der Waals surface area contributed by atoms with Crippen LogP contribution in [0.25, 0.3) is 0 Å². The minimum absolute atomic E-state index is 0.256. The Hall–Kier alpha value is -1.12. The quantitative estimate of drug-likeness (QED) is 0.553. The van der Waals surface area contributed by atoms with Gasteiger partial charge in [-0.3, -0.25) is 4.99 Å². The second-order valence-electron chi connectivity index (χ2n) is 3.40. The molecule has 0 saturated carbocycles. The van der Waals surface area contributed by atoms with Gasteiger partial charge < -0.3 is 4.74 Å². The lowest BCUT2D eigenvalue weighted by molar-refractivity contribution is -0.135. The highest BCUT2D eigenvalue weighted by atomic mass is 16.5. The van der Waals surface area contributed by atoms with Crippen molar-refractivity contribution in [2.75, 3.05) is 7.11 Å². The van der Waals surface area contributed by atoms with Crippen molar-refractivity contribution in [2.24, 2.45) is 4.99 Å². The molecule has 0 fully saturated rings. The molecule has 1 heterocycles. The minimum Gasteiger partial charge on any atom is -0.465 e. The molecular weight excluding hydrogens is 154 g/mol. The van der Waals surface area contributed by atoms with E-state index in [2.05, 4.69) is 9.73 Å². The molecule has 0 aromatic heterocycles. The highest BCUT2D eigenvalue weighted by Gasteiger charge is 2.26. The summed E-state index contributed by atoms with van der Waals surface area (Å²) < 4.78 is 4.61. The number of hydrogen-bond acceptors (Lipinski definition) is 3. The van der Waals surface area contributed by atoms with Crippen LogP contribution in [0, 0.1) is 0 Å². The third kappa shape index (κ3) is 1.55. The SMILES string of the molecule is COC(=O)C1=CC(C)(C)N=C1C. The van der Waals surface area contributed by atoms with E-state index in [1.807, 2.05) is 26.8 Å². The topological polar surface area (TPSA) is 38.7 Å². The number of methoxy groups -OCH3 is 1. The molecule has 0 N–H and O–H groups in total. The number of carbonyl (C=O) groups excluding carboxylic acids is 1. The molecule has 0 unspecified atom stereocenters. The average Bonchev–Trinajstić information content (AvgIpc) is 2.23. The van der Waals surface area contributed by atoms with E-state index in [4.69, 9.17) is 0 Å². The molecule has 0 aromatic carbocycles. The van der Waals surface area contributed by atoms with E-state index in [-0.39, 0.29) is 11.5 Å². The van der Waals surface area contributed by atoms with Crippen molar-refractivity contribution in [2.45, 2.75) is 26.3 Å². The fourth-order valence-corrected chi connectivity index (χ4v) is 1.30. The summed E-state index contributed by atoms with van der Waals surface area (Å²) in [6, 6.07) is 0. The summed E-state index contributed by atoms with van der Waals surface area (Å²) in [5, 5.41) is 0. The van der Waals surface area contributed by atoms with Crippen molar-refractivity contribution in [3.63, 3.8) is 0 Å². The van der Waals surface area contributed by atoms with E-state index >= 15 is 0 Å². The molecule has 0 aromatic rings. The normalized spacial score (nSPS) is 20.0. The molecule has 0 amide bonds. The van der Waals surface area contributed by atoms with Crippen molar-refractivity contribution in [1.29, 1.82) is 0 Å². The number of nitrogens with zero attached hydrogens (tertiary/aromatic N) is 1. The smallest absolute Gasteiger partial charge is 0.339 e. The van der Waals surface area contributed by atoms with Crippen LogP contribution in [-0.4, -0.2) is 24.3 Å². The number of rotatable bonds is 1. The van der Waals surface area contributed by atoms with E-state index in [0.29, 0.717) is 5.57 Å². The van der Waals surface area contributed by atoms with Crippen LogP contribution in [0.2, 0.25) is 0 Å². The molecule has 1 aliphatic heterocycles. The molecule has 1 rings (SSSR count). The average molecular weight is 167 g/mol. The number of hydrogen-bond donors (Lipinski definition) is 0. The van der Waals surface area contributed by atoms with Gasteiger partial charge in [0.1, 0.15) is 0 Å². The van der Waals surface area contributed by atoms with Crippen LogP contribution in [0.1, 0.15) is 20.8 Å². The van der Waals surface area contributed by atoms with Crippen LogP contribution >= 0.6 is 0 Å². The third-order valence-corrected chi connectivity index (χ3v) is 1.75. The predicted molar refractivity (Wildman–Crippen MR) is 47.3 cm³/mol. The fraction of sp³-hybridized carbons (Fsp3) is 0.556.